The lowest BCUT2D eigenvalue weighted by Crippen LogP contribution is -2.16. The van der Waals surface area contributed by atoms with E-state index in [4.69, 9.17) is 17.3 Å². The second-order valence-corrected chi connectivity index (χ2v) is 5.99. The van der Waals surface area contributed by atoms with Crippen LogP contribution < -0.4 is 11.1 Å². The third-order valence-electron chi connectivity index (χ3n) is 3.25. The van der Waals surface area contributed by atoms with Crippen LogP contribution >= 0.6 is 23.1 Å². The fraction of sp³-hybridized carbons (Fsp3) is 0.200. The first kappa shape index (κ1) is 14.3. The number of aromatic nitrogens is 2. The van der Waals surface area contributed by atoms with Gasteiger partial charge in [-0.3, -0.25) is 0 Å². The molecule has 0 spiro atoms. The minimum absolute atomic E-state index is 0.0825. The lowest BCUT2D eigenvalue weighted by Gasteiger charge is -2.11. The Morgan fingerprint density at radius 1 is 1.24 bits per heavy atom. The standard InChI is InChI=1S/C15H15ClN4S/c16-10-5-6-14(19-9-10)18-8-7-12(17)15-11-3-1-2-4-13(11)21-20-15/h1-6,9,12H,7-8,17H2,(H,18,19). The highest BCUT2D eigenvalue weighted by Gasteiger charge is 2.13. The average Bonchev–Trinajstić information content (AvgIpc) is 2.93. The van der Waals surface area contributed by atoms with E-state index in [9.17, 15) is 0 Å². The van der Waals surface area contributed by atoms with Gasteiger partial charge in [-0.2, -0.15) is 4.37 Å². The van der Waals surface area contributed by atoms with Crippen LogP contribution in [0, 0.1) is 0 Å². The second-order valence-electron chi connectivity index (χ2n) is 4.75. The van der Waals surface area contributed by atoms with Crippen molar-refractivity contribution in [1.29, 1.82) is 0 Å². The first-order valence-corrected chi connectivity index (χ1v) is 7.84. The van der Waals surface area contributed by atoms with Crippen molar-refractivity contribution in [1.82, 2.24) is 9.36 Å². The Morgan fingerprint density at radius 3 is 2.90 bits per heavy atom. The number of fused-ring (bicyclic) bond motifs is 1. The van der Waals surface area contributed by atoms with Crippen LogP contribution in [0.1, 0.15) is 18.2 Å². The number of anilines is 1. The molecule has 6 heteroatoms. The van der Waals surface area contributed by atoms with Gasteiger partial charge in [0.05, 0.1) is 21.5 Å². The normalized spacial score (nSPS) is 12.5. The van der Waals surface area contributed by atoms with Crippen LogP contribution in [0.25, 0.3) is 10.1 Å². The Bertz CT molecular complexity index is 726. The Kier molecular flexibility index (Phi) is 4.34. The van der Waals surface area contributed by atoms with E-state index < -0.39 is 0 Å². The van der Waals surface area contributed by atoms with E-state index >= 15 is 0 Å². The van der Waals surface area contributed by atoms with Crippen LogP contribution in [0.15, 0.2) is 42.6 Å². The van der Waals surface area contributed by atoms with E-state index in [1.807, 2.05) is 24.3 Å². The molecule has 1 atom stereocenters. The fourth-order valence-electron chi connectivity index (χ4n) is 2.15. The second kappa shape index (κ2) is 6.39. The smallest absolute Gasteiger partial charge is 0.125 e. The molecule has 0 saturated carbocycles. The van der Waals surface area contributed by atoms with E-state index in [1.165, 1.54) is 16.2 Å². The first-order valence-electron chi connectivity index (χ1n) is 6.69. The van der Waals surface area contributed by atoms with Crippen LogP contribution in [0.4, 0.5) is 5.82 Å². The molecule has 3 aromatic rings. The number of nitrogens with zero attached hydrogens (tertiary/aromatic N) is 2. The van der Waals surface area contributed by atoms with Crippen LogP contribution in [-0.2, 0) is 0 Å². The molecule has 1 aromatic carbocycles. The fourth-order valence-corrected chi connectivity index (χ4v) is 3.10. The van der Waals surface area contributed by atoms with Gasteiger partial charge in [0.25, 0.3) is 0 Å². The van der Waals surface area contributed by atoms with Gasteiger partial charge >= 0.3 is 0 Å². The minimum atomic E-state index is -0.0825. The highest BCUT2D eigenvalue weighted by Crippen LogP contribution is 2.27. The summed E-state index contributed by atoms with van der Waals surface area (Å²) in [4.78, 5) is 4.19. The molecule has 3 rings (SSSR count). The molecule has 108 valence electrons. The number of hydrogen-bond acceptors (Lipinski definition) is 5. The topological polar surface area (TPSA) is 63.8 Å². The quantitative estimate of drug-likeness (QED) is 0.750. The van der Waals surface area contributed by atoms with Crippen molar-refractivity contribution in [3.63, 3.8) is 0 Å². The SMILES string of the molecule is NC(CCNc1ccc(Cl)cn1)c1nsc2ccccc12. The Labute approximate surface area is 132 Å². The third-order valence-corrected chi connectivity index (χ3v) is 4.31. The highest BCUT2D eigenvalue weighted by molar-refractivity contribution is 7.13. The maximum absolute atomic E-state index is 6.26. The number of halogens is 1. The molecule has 4 nitrogen and oxygen atoms in total. The lowest BCUT2D eigenvalue weighted by atomic mass is 10.1. The van der Waals surface area contributed by atoms with Gasteiger partial charge in [0.1, 0.15) is 5.82 Å². The Hall–Kier alpha value is -1.69. The van der Waals surface area contributed by atoms with Crippen molar-refractivity contribution in [2.45, 2.75) is 12.5 Å². The van der Waals surface area contributed by atoms with Crippen molar-refractivity contribution >= 4 is 39.0 Å². The van der Waals surface area contributed by atoms with Crippen molar-refractivity contribution in [3.8, 4) is 0 Å². The summed E-state index contributed by atoms with van der Waals surface area (Å²) in [6.07, 6.45) is 2.41. The Morgan fingerprint density at radius 2 is 2.10 bits per heavy atom. The number of hydrogen-bond donors (Lipinski definition) is 2. The number of nitrogens with two attached hydrogens (primary N) is 1. The molecular formula is C15H15ClN4S. The van der Waals surface area contributed by atoms with Crippen molar-refractivity contribution < 1.29 is 0 Å². The summed E-state index contributed by atoms with van der Waals surface area (Å²) in [5.41, 5.74) is 7.23. The predicted octanol–water partition coefficient (Wildman–Crippen LogP) is 3.85. The zero-order chi connectivity index (χ0) is 14.7. The lowest BCUT2D eigenvalue weighted by molar-refractivity contribution is 0.666. The van der Waals surface area contributed by atoms with Crippen molar-refractivity contribution in [2.24, 2.45) is 5.73 Å². The molecule has 0 bridgehead atoms. The maximum Gasteiger partial charge on any atom is 0.125 e. The number of pyridine rings is 1. The summed E-state index contributed by atoms with van der Waals surface area (Å²) in [6.45, 7) is 0.738. The van der Waals surface area contributed by atoms with E-state index in [1.54, 1.807) is 6.20 Å². The number of rotatable bonds is 5. The van der Waals surface area contributed by atoms with Gasteiger partial charge in [0.15, 0.2) is 0 Å². The molecule has 1 unspecified atom stereocenters. The van der Waals surface area contributed by atoms with Gasteiger partial charge < -0.3 is 11.1 Å². The van der Waals surface area contributed by atoms with E-state index in [0.717, 1.165) is 29.9 Å². The van der Waals surface area contributed by atoms with Crippen molar-refractivity contribution in [3.05, 3.63) is 53.3 Å². The highest BCUT2D eigenvalue weighted by atomic mass is 35.5. The summed E-state index contributed by atoms with van der Waals surface area (Å²) in [6, 6.07) is 11.8. The van der Waals surface area contributed by atoms with Crippen LogP contribution in [0.5, 0.6) is 0 Å². The molecule has 0 radical (unpaired) electrons. The first-order chi connectivity index (χ1) is 10.2. The molecule has 3 N–H and O–H groups in total. The Balaban J connectivity index is 1.61. The summed E-state index contributed by atoms with van der Waals surface area (Å²) < 4.78 is 5.66. The molecule has 0 fully saturated rings. The average molecular weight is 319 g/mol. The summed E-state index contributed by atoms with van der Waals surface area (Å²) in [5, 5.41) is 5.02. The monoisotopic (exact) mass is 318 g/mol. The maximum atomic E-state index is 6.26. The van der Waals surface area contributed by atoms with Gasteiger partial charge in [0, 0.05) is 18.1 Å². The molecule has 0 aliphatic rings. The number of nitrogens with one attached hydrogen (secondary N) is 1. The molecule has 0 aliphatic carbocycles. The molecular weight excluding hydrogens is 304 g/mol. The van der Waals surface area contributed by atoms with Crippen LogP contribution in [0.3, 0.4) is 0 Å². The molecule has 0 saturated heterocycles. The van der Waals surface area contributed by atoms with Crippen LogP contribution in [-0.4, -0.2) is 15.9 Å². The largest absolute Gasteiger partial charge is 0.370 e. The zero-order valence-corrected chi connectivity index (χ0v) is 12.9. The van der Waals surface area contributed by atoms with Gasteiger partial charge in [-0.15, -0.1) is 0 Å². The zero-order valence-electron chi connectivity index (χ0n) is 11.3. The van der Waals surface area contributed by atoms with Gasteiger partial charge in [0.2, 0.25) is 0 Å². The molecule has 2 heterocycles. The summed E-state index contributed by atoms with van der Waals surface area (Å²) in [7, 11) is 0. The predicted molar refractivity (Wildman–Crippen MR) is 88.9 cm³/mol. The summed E-state index contributed by atoms with van der Waals surface area (Å²) in [5.74, 6) is 0.801. The molecule has 21 heavy (non-hydrogen) atoms. The van der Waals surface area contributed by atoms with Gasteiger partial charge in [-0.05, 0) is 36.2 Å². The molecule has 0 aliphatic heterocycles. The molecule has 0 amide bonds. The van der Waals surface area contributed by atoms with Gasteiger partial charge in [-0.1, -0.05) is 29.8 Å². The van der Waals surface area contributed by atoms with Crippen LogP contribution in [0.2, 0.25) is 5.02 Å². The van der Waals surface area contributed by atoms with Crippen molar-refractivity contribution in [2.75, 3.05) is 11.9 Å². The van der Waals surface area contributed by atoms with E-state index in [2.05, 4.69) is 26.8 Å². The summed E-state index contributed by atoms with van der Waals surface area (Å²) >= 11 is 7.30. The van der Waals surface area contributed by atoms with E-state index in [0.29, 0.717) is 5.02 Å². The van der Waals surface area contributed by atoms with Gasteiger partial charge in [-0.25, -0.2) is 4.98 Å². The third kappa shape index (κ3) is 3.32. The minimum Gasteiger partial charge on any atom is -0.370 e. The number of benzene rings is 1. The molecule has 2 aromatic heterocycles. The van der Waals surface area contributed by atoms with E-state index in [-0.39, 0.29) is 6.04 Å².